The van der Waals surface area contributed by atoms with Gasteiger partial charge in [-0.25, -0.2) is 0 Å². The number of aliphatic hydroxyl groups is 1. The molecule has 0 heterocycles. The SMILES string of the molecule is O=C(CCN(CCCCCCO)CCC(=O)Nc1ccc(Nc2ccccc2)c([N+](=O)[O-])c1)Nc1ccc(Nc2ccccc2)c([N+](=O)[O-])c1. The highest BCUT2D eigenvalue weighted by Gasteiger charge is 2.18. The van der Waals surface area contributed by atoms with E-state index < -0.39 is 9.85 Å². The smallest absolute Gasteiger partial charge is 0.294 e. The number of hydrogen-bond donors (Lipinski definition) is 5. The molecule has 50 heavy (non-hydrogen) atoms. The number of aliphatic hydroxyl groups excluding tert-OH is 1. The summed E-state index contributed by atoms with van der Waals surface area (Å²) < 4.78 is 0. The summed E-state index contributed by atoms with van der Waals surface area (Å²) in [6.07, 6.45) is 3.38. The van der Waals surface area contributed by atoms with Gasteiger partial charge in [0.2, 0.25) is 11.8 Å². The van der Waals surface area contributed by atoms with Crippen LogP contribution in [0.2, 0.25) is 0 Å². The van der Waals surface area contributed by atoms with Crippen LogP contribution < -0.4 is 21.3 Å². The summed E-state index contributed by atoms with van der Waals surface area (Å²) in [4.78, 5) is 50.3. The quantitative estimate of drug-likeness (QED) is 0.0361. The molecule has 0 unspecified atom stereocenters. The van der Waals surface area contributed by atoms with Crippen LogP contribution in [0, 0.1) is 20.2 Å². The lowest BCUT2D eigenvalue weighted by Gasteiger charge is -2.22. The van der Waals surface area contributed by atoms with Gasteiger partial charge < -0.3 is 31.3 Å². The number of nitro groups is 2. The van der Waals surface area contributed by atoms with E-state index in [4.69, 9.17) is 5.11 Å². The fourth-order valence-electron chi connectivity index (χ4n) is 5.19. The van der Waals surface area contributed by atoms with Crippen LogP contribution in [0.4, 0.5) is 45.5 Å². The summed E-state index contributed by atoms with van der Waals surface area (Å²) in [5.41, 5.74) is 2.16. The van der Waals surface area contributed by atoms with Crippen molar-refractivity contribution in [1.82, 2.24) is 4.90 Å². The summed E-state index contributed by atoms with van der Waals surface area (Å²) in [7, 11) is 0. The van der Waals surface area contributed by atoms with E-state index in [0.29, 0.717) is 48.8 Å². The maximum Gasteiger partial charge on any atom is 0.294 e. The van der Waals surface area contributed by atoms with Crippen molar-refractivity contribution >= 4 is 57.3 Å². The molecule has 0 aromatic heterocycles. The lowest BCUT2D eigenvalue weighted by molar-refractivity contribution is -0.384. The zero-order valence-electron chi connectivity index (χ0n) is 27.5. The Bertz CT molecular complexity index is 1620. The molecule has 0 aliphatic carbocycles. The summed E-state index contributed by atoms with van der Waals surface area (Å²) in [5.74, 6) is -0.677. The molecule has 4 aromatic rings. The third-order valence-corrected chi connectivity index (χ3v) is 7.75. The molecule has 0 saturated heterocycles. The maximum absolute atomic E-state index is 12.9. The van der Waals surface area contributed by atoms with Gasteiger partial charge in [-0.15, -0.1) is 0 Å². The van der Waals surface area contributed by atoms with Crippen molar-refractivity contribution < 1.29 is 24.5 Å². The molecule has 4 aromatic carbocycles. The van der Waals surface area contributed by atoms with Crippen molar-refractivity contribution in [2.24, 2.45) is 0 Å². The number of nitrogens with zero attached hydrogens (tertiary/aromatic N) is 3. The standard InChI is InChI=1S/C36H41N7O7/c44-24-10-2-1-9-21-41(22-19-35(45)39-29-15-17-31(33(25-29)42(47)48)37-27-11-5-3-6-12-27)23-20-36(46)40-30-16-18-32(34(26-30)43(49)50)38-28-13-7-4-8-14-28/h3-8,11-18,25-26,37-38,44H,1-2,9-10,19-24H2,(H,39,45)(H,40,46). The number of rotatable bonds is 20. The van der Waals surface area contributed by atoms with Gasteiger partial charge in [0.25, 0.3) is 11.4 Å². The van der Waals surface area contributed by atoms with E-state index in [1.807, 2.05) is 41.3 Å². The van der Waals surface area contributed by atoms with E-state index in [1.54, 1.807) is 48.5 Å². The van der Waals surface area contributed by atoms with Crippen molar-refractivity contribution in [3.63, 3.8) is 0 Å². The molecule has 0 saturated carbocycles. The third kappa shape index (κ3) is 12.0. The molecular formula is C36H41N7O7. The second-order valence-electron chi connectivity index (χ2n) is 11.5. The van der Waals surface area contributed by atoms with Gasteiger partial charge in [0.1, 0.15) is 11.4 Å². The van der Waals surface area contributed by atoms with Gasteiger partial charge in [0.05, 0.1) is 9.85 Å². The molecule has 0 aliphatic heterocycles. The molecule has 0 radical (unpaired) electrons. The number of unbranched alkanes of at least 4 members (excludes halogenated alkanes) is 3. The molecule has 0 atom stereocenters. The molecule has 2 amide bonds. The van der Waals surface area contributed by atoms with Crippen molar-refractivity contribution in [3.05, 3.63) is 117 Å². The minimum absolute atomic E-state index is 0.0815. The first-order valence-electron chi connectivity index (χ1n) is 16.4. The predicted molar refractivity (Wildman–Crippen MR) is 194 cm³/mol. The lowest BCUT2D eigenvalue weighted by atomic mass is 10.2. The van der Waals surface area contributed by atoms with Crippen molar-refractivity contribution in [1.29, 1.82) is 0 Å². The molecule has 14 nitrogen and oxygen atoms in total. The van der Waals surface area contributed by atoms with Crippen LogP contribution in [-0.4, -0.2) is 57.9 Å². The number of nitro benzene ring substituents is 2. The van der Waals surface area contributed by atoms with Crippen molar-refractivity contribution in [2.75, 3.05) is 47.5 Å². The Morgan fingerprint density at radius 1 is 0.580 bits per heavy atom. The molecule has 0 spiro atoms. The fraction of sp³-hybridized carbons (Fsp3) is 0.278. The molecule has 14 heteroatoms. The topological polar surface area (TPSA) is 192 Å². The largest absolute Gasteiger partial charge is 0.396 e. The van der Waals surface area contributed by atoms with E-state index in [2.05, 4.69) is 21.3 Å². The second-order valence-corrected chi connectivity index (χ2v) is 11.5. The fourth-order valence-corrected chi connectivity index (χ4v) is 5.19. The van der Waals surface area contributed by atoms with Gasteiger partial charge in [-0.1, -0.05) is 49.2 Å². The Kier molecular flexibility index (Phi) is 14.2. The minimum Gasteiger partial charge on any atom is -0.396 e. The van der Waals surface area contributed by atoms with E-state index in [-0.39, 0.29) is 54.0 Å². The maximum atomic E-state index is 12.9. The van der Waals surface area contributed by atoms with Gasteiger partial charge in [-0.2, -0.15) is 0 Å². The second kappa shape index (κ2) is 19.2. The average Bonchev–Trinajstić information content (AvgIpc) is 3.11. The molecule has 4 rings (SSSR count). The zero-order valence-corrected chi connectivity index (χ0v) is 27.5. The van der Waals surface area contributed by atoms with Crippen LogP contribution in [0.1, 0.15) is 38.5 Å². The van der Waals surface area contributed by atoms with Gasteiger partial charge in [0.15, 0.2) is 0 Å². The molecular weight excluding hydrogens is 642 g/mol. The average molecular weight is 684 g/mol. The highest BCUT2D eigenvalue weighted by atomic mass is 16.6. The van der Waals surface area contributed by atoms with Gasteiger partial charge in [-0.3, -0.25) is 29.8 Å². The lowest BCUT2D eigenvalue weighted by Crippen LogP contribution is -2.32. The normalized spacial score (nSPS) is 10.8. The van der Waals surface area contributed by atoms with E-state index in [9.17, 15) is 29.8 Å². The first kappa shape index (κ1) is 37.0. The Morgan fingerprint density at radius 2 is 1.02 bits per heavy atom. The van der Waals surface area contributed by atoms with Crippen molar-refractivity contribution in [2.45, 2.75) is 38.5 Å². The first-order valence-corrected chi connectivity index (χ1v) is 16.4. The van der Waals surface area contributed by atoms with Gasteiger partial charge in [-0.05, 0) is 67.9 Å². The number of para-hydroxylation sites is 2. The Morgan fingerprint density at radius 3 is 1.44 bits per heavy atom. The number of nitrogens with one attached hydrogen (secondary N) is 4. The third-order valence-electron chi connectivity index (χ3n) is 7.75. The summed E-state index contributed by atoms with van der Waals surface area (Å²) in [5, 5.41) is 44.1. The highest BCUT2D eigenvalue weighted by Crippen LogP contribution is 2.32. The molecule has 5 N–H and O–H groups in total. The summed E-state index contributed by atoms with van der Waals surface area (Å²) >= 11 is 0. The number of hydrogen-bond acceptors (Lipinski definition) is 10. The first-order chi connectivity index (χ1) is 24.2. The Balaban J connectivity index is 1.33. The Labute approximate surface area is 289 Å². The van der Waals surface area contributed by atoms with Crippen LogP contribution in [0.5, 0.6) is 0 Å². The van der Waals surface area contributed by atoms with Gasteiger partial charge in [0, 0.05) is 67.4 Å². The van der Waals surface area contributed by atoms with Crippen LogP contribution in [0.3, 0.4) is 0 Å². The van der Waals surface area contributed by atoms with E-state index in [1.165, 1.54) is 12.1 Å². The zero-order chi connectivity index (χ0) is 35.7. The number of carbonyl (C=O) groups excluding carboxylic acids is 2. The van der Waals surface area contributed by atoms with Crippen LogP contribution in [0.25, 0.3) is 0 Å². The van der Waals surface area contributed by atoms with E-state index in [0.717, 1.165) is 19.3 Å². The predicted octanol–water partition coefficient (Wildman–Crippen LogP) is 7.20. The molecule has 0 fully saturated rings. The Hall–Kier alpha value is -5.86. The van der Waals surface area contributed by atoms with Crippen molar-refractivity contribution in [3.8, 4) is 0 Å². The highest BCUT2D eigenvalue weighted by molar-refractivity contribution is 5.93. The van der Waals surface area contributed by atoms with Gasteiger partial charge >= 0.3 is 0 Å². The molecule has 0 aliphatic rings. The minimum atomic E-state index is -0.515. The number of amides is 2. The van der Waals surface area contributed by atoms with E-state index >= 15 is 0 Å². The number of benzene rings is 4. The monoisotopic (exact) mass is 683 g/mol. The molecule has 262 valence electrons. The number of carbonyl (C=O) groups is 2. The summed E-state index contributed by atoms with van der Waals surface area (Å²) in [6.45, 7) is 1.40. The van der Waals surface area contributed by atoms with Crippen LogP contribution in [0.15, 0.2) is 97.1 Å². The van der Waals surface area contributed by atoms with Crippen LogP contribution >= 0.6 is 0 Å². The summed E-state index contributed by atoms with van der Waals surface area (Å²) in [6, 6.07) is 27.0. The molecule has 0 bridgehead atoms. The van der Waals surface area contributed by atoms with Crippen LogP contribution in [-0.2, 0) is 9.59 Å². The number of anilines is 6.